The average molecular weight is 511 g/mol. The zero-order valence-corrected chi connectivity index (χ0v) is 17.8. The van der Waals surface area contributed by atoms with E-state index in [1.165, 1.54) is 0 Å². The molecule has 0 amide bonds. The van der Waals surface area contributed by atoms with Gasteiger partial charge < -0.3 is 10.2 Å². The lowest BCUT2D eigenvalue weighted by Crippen LogP contribution is -2.39. The minimum atomic E-state index is -4.61. The number of aromatic nitrogens is 2. The Balaban J connectivity index is 0.00000280. The van der Waals surface area contributed by atoms with E-state index in [4.69, 9.17) is 0 Å². The van der Waals surface area contributed by atoms with Crippen molar-refractivity contribution >= 4 is 29.9 Å². The fourth-order valence-corrected chi connectivity index (χ4v) is 3.35. The highest BCUT2D eigenvalue weighted by Gasteiger charge is 2.34. The molecule has 0 spiro atoms. The van der Waals surface area contributed by atoms with Crippen molar-refractivity contribution in [1.82, 2.24) is 20.0 Å². The van der Waals surface area contributed by atoms with E-state index in [0.29, 0.717) is 24.5 Å². The van der Waals surface area contributed by atoms with E-state index in [0.717, 1.165) is 30.7 Å². The molecular weight excluding hydrogens is 489 g/mol. The number of likely N-dealkylation sites (tertiary alicyclic amines) is 1. The maximum atomic E-state index is 13.2. The molecule has 0 bridgehead atoms. The van der Waals surface area contributed by atoms with E-state index in [9.17, 15) is 17.6 Å². The van der Waals surface area contributed by atoms with Crippen molar-refractivity contribution in [3.05, 3.63) is 53.1 Å². The van der Waals surface area contributed by atoms with Gasteiger partial charge in [0.25, 0.3) is 0 Å². The lowest BCUT2D eigenvalue weighted by Gasteiger charge is -2.22. The zero-order chi connectivity index (χ0) is 19.6. The number of guanidine groups is 1. The monoisotopic (exact) mass is 511 g/mol. The molecule has 1 saturated heterocycles. The molecule has 10 heteroatoms. The Morgan fingerprint density at radius 3 is 2.71 bits per heavy atom. The van der Waals surface area contributed by atoms with Crippen LogP contribution >= 0.6 is 24.0 Å². The number of alkyl halides is 3. The fraction of sp³-hybridized carbons (Fsp3) is 0.444. The second kappa shape index (κ2) is 9.10. The minimum absolute atomic E-state index is 0. The van der Waals surface area contributed by atoms with Gasteiger partial charge in [0.15, 0.2) is 5.96 Å². The van der Waals surface area contributed by atoms with E-state index in [2.05, 4.69) is 15.4 Å². The SMILES string of the molecule is CN=C(NCc1ccc(F)cc1C(F)(F)F)N1CCC(c2cnn(C)c2)C1.I. The molecule has 0 saturated carbocycles. The Hall–Kier alpha value is -1.85. The van der Waals surface area contributed by atoms with E-state index >= 15 is 0 Å². The molecule has 2 aromatic rings. The lowest BCUT2D eigenvalue weighted by molar-refractivity contribution is -0.138. The van der Waals surface area contributed by atoms with Crippen molar-refractivity contribution in [3.63, 3.8) is 0 Å². The Morgan fingerprint density at radius 2 is 2.11 bits per heavy atom. The third kappa shape index (κ3) is 5.15. The number of nitrogens with one attached hydrogen (secondary N) is 1. The van der Waals surface area contributed by atoms with Crippen LogP contribution in [-0.2, 0) is 19.8 Å². The Morgan fingerprint density at radius 1 is 1.36 bits per heavy atom. The van der Waals surface area contributed by atoms with Gasteiger partial charge in [-0.05, 0) is 29.7 Å². The van der Waals surface area contributed by atoms with Crippen LogP contribution in [-0.4, -0.2) is 40.8 Å². The molecule has 154 valence electrons. The van der Waals surface area contributed by atoms with Crippen molar-refractivity contribution in [3.8, 4) is 0 Å². The number of nitrogens with zero attached hydrogens (tertiary/aromatic N) is 4. The van der Waals surface area contributed by atoms with Crippen LogP contribution < -0.4 is 5.32 Å². The third-order valence-electron chi connectivity index (χ3n) is 4.71. The van der Waals surface area contributed by atoms with Crippen molar-refractivity contribution in [2.45, 2.75) is 25.1 Å². The van der Waals surface area contributed by atoms with Crippen molar-refractivity contribution in [1.29, 1.82) is 0 Å². The van der Waals surface area contributed by atoms with Crippen molar-refractivity contribution in [2.75, 3.05) is 20.1 Å². The van der Waals surface area contributed by atoms with Crippen LogP contribution in [0.3, 0.4) is 0 Å². The average Bonchev–Trinajstić information content (AvgIpc) is 3.25. The van der Waals surface area contributed by atoms with E-state index < -0.39 is 17.6 Å². The van der Waals surface area contributed by atoms with E-state index in [1.807, 2.05) is 24.3 Å². The second-order valence-corrected chi connectivity index (χ2v) is 6.58. The highest BCUT2D eigenvalue weighted by molar-refractivity contribution is 14.0. The van der Waals surface area contributed by atoms with Crippen molar-refractivity contribution < 1.29 is 17.6 Å². The molecular formula is C18H22F4IN5. The quantitative estimate of drug-likeness (QED) is 0.296. The Labute approximate surface area is 177 Å². The first-order valence-electron chi connectivity index (χ1n) is 8.57. The number of hydrogen-bond donors (Lipinski definition) is 1. The molecule has 1 aliphatic heterocycles. The summed E-state index contributed by atoms with van der Waals surface area (Å²) in [4.78, 5) is 6.19. The second-order valence-electron chi connectivity index (χ2n) is 6.58. The minimum Gasteiger partial charge on any atom is -0.352 e. The highest BCUT2D eigenvalue weighted by Crippen LogP contribution is 2.32. The summed E-state index contributed by atoms with van der Waals surface area (Å²) < 4.78 is 54.4. The van der Waals surface area contributed by atoms with Gasteiger partial charge >= 0.3 is 6.18 Å². The maximum Gasteiger partial charge on any atom is 0.416 e. The number of aliphatic imine (C=N–C) groups is 1. The normalized spacial score (nSPS) is 17.6. The van der Waals surface area contributed by atoms with Gasteiger partial charge in [-0.1, -0.05) is 6.07 Å². The largest absolute Gasteiger partial charge is 0.416 e. The number of benzene rings is 1. The van der Waals surface area contributed by atoms with Crippen LogP contribution in [0.5, 0.6) is 0 Å². The summed E-state index contributed by atoms with van der Waals surface area (Å²) in [5.74, 6) is -0.0815. The van der Waals surface area contributed by atoms with Gasteiger partial charge in [0, 0.05) is 45.8 Å². The molecule has 0 aliphatic carbocycles. The topological polar surface area (TPSA) is 45.5 Å². The smallest absolute Gasteiger partial charge is 0.352 e. The van der Waals surface area contributed by atoms with Crippen LogP contribution in [0.15, 0.2) is 35.6 Å². The molecule has 1 aromatic carbocycles. The molecule has 2 heterocycles. The molecule has 1 atom stereocenters. The van der Waals surface area contributed by atoms with Gasteiger partial charge in [-0.3, -0.25) is 9.67 Å². The summed E-state index contributed by atoms with van der Waals surface area (Å²) in [5, 5.41) is 7.15. The molecule has 1 aliphatic rings. The Kier molecular flexibility index (Phi) is 7.29. The van der Waals surface area contributed by atoms with Gasteiger partial charge in [-0.15, -0.1) is 24.0 Å². The van der Waals surface area contributed by atoms with Gasteiger partial charge in [0.05, 0.1) is 11.8 Å². The van der Waals surface area contributed by atoms with E-state index in [-0.39, 0.29) is 36.1 Å². The van der Waals surface area contributed by atoms with Crippen molar-refractivity contribution in [2.24, 2.45) is 12.0 Å². The summed E-state index contributed by atoms with van der Waals surface area (Å²) in [7, 11) is 3.45. The first kappa shape index (κ1) is 22.4. The molecule has 1 fully saturated rings. The lowest BCUT2D eigenvalue weighted by atomic mass is 10.0. The Bertz CT molecular complexity index is 834. The standard InChI is InChI=1S/C18H21F4N5.HI/c1-23-17(27-6-5-13(11-27)14-9-25-26(2)10-14)24-8-12-3-4-15(19)7-16(12)18(20,21)22;/h3-4,7,9-10,13H,5-6,8,11H2,1-2H3,(H,23,24);1H. The fourth-order valence-electron chi connectivity index (χ4n) is 3.35. The molecule has 1 unspecified atom stereocenters. The molecule has 28 heavy (non-hydrogen) atoms. The van der Waals surface area contributed by atoms with Crippen LogP contribution in [0, 0.1) is 5.82 Å². The first-order chi connectivity index (χ1) is 12.8. The predicted octanol–water partition coefficient (Wildman–Crippen LogP) is 3.76. The predicted molar refractivity (Wildman–Crippen MR) is 109 cm³/mol. The molecule has 3 rings (SSSR count). The summed E-state index contributed by atoms with van der Waals surface area (Å²) in [6, 6.07) is 2.71. The maximum absolute atomic E-state index is 13.2. The number of aryl methyl sites for hydroxylation is 1. The third-order valence-corrected chi connectivity index (χ3v) is 4.71. The number of hydrogen-bond acceptors (Lipinski definition) is 2. The van der Waals surface area contributed by atoms with E-state index in [1.54, 1.807) is 11.7 Å². The van der Waals surface area contributed by atoms with Crippen LogP contribution in [0.1, 0.15) is 29.0 Å². The number of halogens is 5. The van der Waals surface area contributed by atoms with Crippen LogP contribution in [0.25, 0.3) is 0 Å². The molecule has 5 nitrogen and oxygen atoms in total. The number of rotatable bonds is 3. The molecule has 0 radical (unpaired) electrons. The van der Waals surface area contributed by atoms with Gasteiger partial charge in [0.2, 0.25) is 0 Å². The summed E-state index contributed by atoms with van der Waals surface area (Å²) in [6.07, 6.45) is 0.107. The highest BCUT2D eigenvalue weighted by atomic mass is 127. The summed E-state index contributed by atoms with van der Waals surface area (Å²) in [6.45, 7) is 1.37. The van der Waals surface area contributed by atoms with Crippen LogP contribution in [0.4, 0.5) is 17.6 Å². The zero-order valence-electron chi connectivity index (χ0n) is 15.5. The van der Waals surface area contributed by atoms with Gasteiger partial charge in [0.1, 0.15) is 5.82 Å². The molecule has 1 N–H and O–H groups in total. The first-order valence-corrected chi connectivity index (χ1v) is 8.57. The van der Waals surface area contributed by atoms with Crippen LogP contribution in [0.2, 0.25) is 0 Å². The van der Waals surface area contributed by atoms with Gasteiger partial charge in [-0.25, -0.2) is 4.39 Å². The summed E-state index contributed by atoms with van der Waals surface area (Å²) in [5.41, 5.74) is 0.140. The molecule has 1 aromatic heterocycles. The van der Waals surface area contributed by atoms with Gasteiger partial charge in [-0.2, -0.15) is 18.3 Å². The summed E-state index contributed by atoms with van der Waals surface area (Å²) >= 11 is 0.